The van der Waals surface area contributed by atoms with Gasteiger partial charge in [-0.05, 0) is 24.1 Å². The number of nitrogens with zero attached hydrogens (tertiary/aromatic N) is 3. The minimum absolute atomic E-state index is 0.0834. The van der Waals surface area contributed by atoms with Crippen molar-refractivity contribution in [1.82, 2.24) is 0 Å². The van der Waals surface area contributed by atoms with Crippen LogP contribution in [0.1, 0.15) is 6.42 Å². The molecule has 1 aromatic carbocycles. The van der Waals surface area contributed by atoms with E-state index in [0.29, 0.717) is 30.8 Å². The van der Waals surface area contributed by atoms with Crippen molar-refractivity contribution in [2.45, 2.75) is 6.42 Å². The molecule has 0 amide bonds. The standard InChI is InChI=1S/C13H9F2N3/c14-11-1-2-13(12(15)5-11)18-4-3-9(8-18)10(6-16)7-17/h1-2,5H,3-4,8H2. The Hall–Kier alpha value is -2.40. The third kappa shape index (κ3) is 2.16. The molecule has 0 aliphatic carbocycles. The van der Waals surface area contributed by atoms with Crippen molar-refractivity contribution in [3.8, 4) is 12.1 Å². The van der Waals surface area contributed by atoms with Crippen LogP contribution in [0.2, 0.25) is 0 Å². The van der Waals surface area contributed by atoms with E-state index >= 15 is 0 Å². The van der Waals surface area contributed by atoms with E-state index in [1.807, 2.05) is 12.1 Å². The van der Waals surface area contributed by atoms with Crippen LogP contribution in [0.4, 0.5) is 14.5 Å². The van der Waals surface area contributed by atoms with Crippen molar-refractivity contribution in [1.29, 1.82) is 10.5 Å². The third-order valence-corrected chi connectivity index (χ3v) is 2.89. The maximum atomic E-state index is 13.6. The Balaban J connectivity index is 2.27. The molecule has 1 heterocycles. The van der Waals surface area contributed by atoms with Gasteiger partial charge in [-0.1, -0.05) is 0 Å². The Morgan fingerprint density at radius 2 is 1.94 bits per heavy atom. The molecule has 0 saturated carbocycles. The second kappa shape index (κ2) is 4.85. The van der Waals surface area contributed by atoms with Crippen molar-refractivity contribution < 1.29 is 8.78 Å². The van der Waals surface area contributed by atoms with Gasteiger partial charge in [0.25, 0.3) is 0 Å². The van der Waals surface area contributed by atoms with Gasteiger partial charge in [-0.15, -0.1) is 0 Å². The summed E-state index contributed by atoms with van der Waals surface area (Å²) in [6.45, 7) is 0.851. The van der Waals surface area contributed by atoms with Gasteiger partial charge < -0.3 is 4.90 Å². The molecule has 2 rings (SSSR count). The van der Waals surface area contributed by atoms with E-state index in [2.05, 4.69) is 0 Å². The number of halogens is 2. The van der Waals surface area contributed by atoms with Gasteiger partial charge in [0.15, 0.2) is 0 Å². The van der Waals surface area contributed by atoms with Gasteiger partial charge >= 0.3 is 0 Å². The van der Waals surface area contributed by atoms with E-state index in [-0.39, 0.29) is 5.57 Å². The second-order valence-electron chi connectivity index (χ2n) is 3.97. The zero-order valence-corrected chi connectivity index (χ0v) is 9.45. The van der Waals surface area contributed by atoms with Crippen LogP contribution in [-0.2, 0) is 0 Å². The normalized spacial score (nSPS) is 14.2. The van der Waals surface area contributed by atoms with Crippen LogP contribution in [0.3, 0.4) is 0 Å². The van der Waals surface area contributed by atoms with E-state index in [4.69, 9.17) is 10.5 Å². The lowest BCUT2D eigenvalue weighted by molar-refractivity contribution is 0.581. The second-order valence-corrected chi connectivity index (χ2v) is 3.97. The minimum atomic E-state index is -0.633. The Morgan fingerprint density at radius 3 is 2.56 bits per heavy atom. The number of hydrogen-bond acceptors (Lipinski definition) is 3. The van der Waals surface area contributed by atoms with Crippen molar-refractivity contribution in [3.63, 3.8) is 0 Å². The maximum absolute atomic E-state index is 13.6. The summed E-state index contributed by atoms with van der Waals surface area (Å²) in [5, 5.41) is 17.5. The summed E-state index contributed by atoms with van der Waals surface area (Å²) in [4.78, 5) is 1.69. The first-order valence-electron chi connectivity index (χ1n) is 5.38. The first-order valence-corrected chi connectivity index (χ1v) is 5.38. The molecule has 1 fully saturated rings. The summed E-state index contributed by atoms with van der Waals surface area (Å²) in [5.74, 6) is -1.26. The SMILES string of the molecule is N#CC(C#N)=C1CCN(c2ccc(F)cc2F)C1. The summed E-state index contributed by atoms with van der Waals surface area (Å²) in [6, 6.07) is 7.04. The van der Waals surface area contributed by atoms with Crippen molar-refractivity contribution in [3.05, 3.63) is 41.0 Å². The quantitative estimate of drug-likeness (QED) is 0.714. The molecule has 0 unspecified atom stereocenters. The van der Waals surface area contributed by atoms with E-state index in [0.717, 1.165) is 6.07 Å². The third-order valence-electron chi connectivity index (χ3n) is 2.89. The topological polar surface area (TPSA) is 50.8 Å². The number of hydrogen-bond donors (Lipinski definition) is 0. The summed E-state index contributed by atoms with van der Waals surface area (Å²) >= 11 is 0. The fourth-order valence-corrected chi connectivity index (χ4v) is 1.99. The van der Waals surface area contributed by atoms with E-state index in [1.165, 1.54) is 12.1 Å². The maximum Gasteiger partial charge on any atom is 0.149 e. The smallest absolute Gasteiger partial charge is 0.149 e. The van der Waals surface area contributed by atoms with Crippen LogP contribution in [0.15, 0.2) is 29.3 Å². The van der Waals surface area contributed by atoms with Crippen LogP contribution >= 0.6 is 0 Å². The number of allylic oxidation sites excluding steroid dienone is 1. The lowest BCUT2D eigenvalue weighted by Gasteiger charge is -2.17. The molecule has 0 bridgehead atoms. The van der Waals surface area contributed by atoms with Crippen LogP contribution in [0.25, 0.3) is 0 Å². The molecule has 18 heavy (non-hydrogen) atoms. The van der Waals surface area contributed by atoms with Crippen LogP contribution in [-0.4, -0.2) is 13.1 Å². The highest BCUT2D eigenvalue weighted by molar-refractivity contribution is 5.54. The molecule has 1 aromatic rings. The molecule has 0 radical (unpaired) electrons. The Labute approximate surface area is 103 Å². The van der Waals surface area contributed by atoms with Gasteiger partial charge in [-0.3, -0.25) is 0 Å². The number of rotatable bonds is 1. The number of benzene rings is 1. The van der Waals surface area contributed by atoms with Gasteiger partial charge in [0, 0.05) is 19.2 Å². The van der Waals surface area contributed by atoms with E-state index < -0.39 is 11.6 Å². The zero-order valence-electron chi connectivity index (χ0n) is 9.45. The summed E-state index contributed by atoms with van der Waals surface area (Å²) in [5.41, 5.74) is 1.07. The van der Waals surface area contributed by atoms with Crippen LogP contribution in [0.5, 0.6) is 0 Å². The predicted octanol–water partition coefficient (Wildman–Crippen LogP) is 2.52. The fourth-order valence-electron chi connectivity index (χ4n) is 1.99. The first-order chi connectivity index (χ1) is 8.65. The van der Waals surface area contributed by atoms with Gasteiger partial charge in [0.1, 0.15) is 29.3 Å². The molecule has 90 valence electrons. The summed E-state index contributed by atoms with van der Waals surface area (Å²) < 4.78 is 26.4. The molecule has 3 nitrogen and oxygen atoms in total. The van der Waals surface area contributed by atoms with Gasteiger partial charge in [0.05, 0.1) is 5.69 Å². The molecule has 1 aliphatic heterocycles. The Bertz CT molecular complexity index is 577. The van der Waals surface area contributed by atoms with Crippen molar-refractivity contribution in [2.24, 2.45) is 0 Å². The van der Waals surface area contributed by atoms with Crippen LogP contribution < -0.4 is 4.90 Å². The van der Waals surface area contributed by atoms with Gasteiger partial charge in [-0.25, -0.2) is 8.78 Å². The lowest BCUT2D eigenvalue weighted by atomic mass is 10.1. The van der Waals surface area contributed by atoms with Crippen molar-refractivity contribution >= 4 is 5.69 Å². The number of nitriles is 2. The molecule has 0 aromatic heterocycles. The molecule has 5 heteroatoms. The first kappa shape index (κ1) is 12.1. The predicted molar refractivity (Wildman–Crippen MR) is 61.4 cm³/mol. The largest absolute Gasteiger partial charge is 0.365 e. The van der Waals surface area contributed by atoms with Crippen LogP contribution in [0, 0.1) is 34.3 Å². The molecule has 0 N–H and O–H groups in total. The van der Waals surface area contributed by atoms with E-state index in [1.54, 1.807) is 4.90 Å². The Kier molecular flexibility index (Phi) is 3.25. The Morgan fingerprint density at radius 1 is 1.22 bits per heavy atom. The average Bonchev–Trinajstić information content (AvgIpc) is 2.80. The fraction of sp³-hybridized carbons (Fsp3) is 0.231. The van der Waals surface area contributed by atoms with Crippen molar-refractivity contribution in [2.75, 3.05) is 18.0 Å². The average molecular weight is 245 g/mol. The minimum Gasteiger partial charge on any atom is -0.365 e. The van der Waals surface area contributed by atoms with Gasteiger partial charge in [-0.2, -0.15) is 10.5 Å². The highest BCUT2D eigenvalue weighted by atomic mass is 19.1. The summed E-state index contributed by atoms with van der Waals surface area (Å²) in [6.07, 6.45) is 0.549. The molecular weight excluding hydrogens is 236 g/mol. The highest BCUT2D eigenvalue weighted by Gasteiger charge is 2.22. The molecule has 0 atom stereocenters. The molecule has 0 spiro atoms. The molecule has 1 saturated heterocycles. The lowest BCUT2D eigenvalue weighted by Crippen LogP contribution is -2.19. The van der Waals surface area contributed by atoms with Gasteiger partial charge in [0.2, 0.25) is 0 Å². The highest BCUT2D eigenvalue weighted by Crippen LogP contribution is 2.27. The monoisotopic (exact) mass is 245 g/mol. The molecular formula is C13H9F2N3. The zero-order chi connectivity index (χ0) is 13.1. The number of anilines is 1. The molecule has 1 aliphatic rings. The van der Waals surface area contributed by atoms with E-state index in [9.17, 15) is 8.78 Å². The summed E-state index contributed by atoms with van der Waals surface area (Å²) in [7, 11) is 0.